The molecule has 0 aliphatic rings. The van der Waals surface area contributed by atoms with Crippen molar-refractivity contribution in [2.75, 3.05) is 5.32 Å². The van der Waals surface area contributed by atoms with Crippen LogP contribution in [0.3, 0.4) is 0 Å². The average molecular weight is 427 g/mol. The van der Waals surface area contributed by atoms with Gasteiger partial charge in [-0.15, -0.1) is 21.5 Å². The zero-order valence-corrected chi connectivity index (χ0v) is 18.6. The van der Waals surface area contributed by atoms with Gasteiger partial charge in [0.25, 0.3) is 5.91 Å². The van der Waals surface area contributed by atoms with E-state index in [4.69, 9.17) is 4.98 Å². The maximum atomic E-state index is 13.1. The Hall–Kier alpha value is -2.65. The fourth-order valence-corrected chi connectivity index (χ4v) is 4.83. The van der Waals surface area contributed by atoms with Crippen molar-refractivity contribution in [3.05, 3.63) is 38.7 Å². The lowest BCUT2D eigenvalue weighted by Gasteiger charge is -2.10. The molecule has 0 saturated heterocycles. The van der Waals surface area contributed by atoms with Crippen LogP contribution in [0.5, 0.6) is 0 Å². The van der Waals surface area contributed by atoms with Crippen molar-refractivity contribution in [2.24, 2.45) is 0 Å². The molecule has 29 heavy (non-hydrogen) atoms. The molecule has 0 atom stereocenters. The van der Waals surface area contributed by atoms with Crippen LogP contribution in [0.2, 0.25) is 0 Å². The summed E-state index contributed by atoms with van der Waals surface area (Å²) in [5.41, 5.74) is 3.06. The van der Waals surface area contributed by atoms with E-state index in [1.165, 1.54) is 21.1 Å². The highest BCUT2D eigenvalue weighted by Gasteiger charge is 2.20. The molecule has 1 N–H and O–H groups in total. The number of carbonyl (C=O) groups excluding carboxylic acids is 1. The number of amides is 1. The second-order valence-corrected chi connectivity index (χ2v) is 9.63. The lowest BCUT2D eigenvalue weighted by atomic mass is 10.1. The van der Waals surface area contributed by atoms with E-state index in [1.54, 1.807) is 17.5 Å². The molecule has 0 aliphatic heterocycles. The minimum atomic E-state index is -0.231. The maximum Gasteiger partial charge on any atom is 0.258 e. The molecule has 0 aliphatic carbocycles. The maximum absolute atomic E-state index is 13.1. The predicted molar refractivity (Wildman–Crippen MR) is 118 cm³/mol. The molecule has 0 fully saturated rings. The van der Waals surface area contributed by atoms with Gasteiger partial charge in [-0.05, 0) is 46.2 Å². The standard InChI is InChI=1S/C20H22N6OS2/c1-6-17-24-25-20(29-17)23-19(27)14-8-16(13-7-11(4)28-12(13)5)22-18-15(14)9-21-26(18)10(2)3/h7-10H,6H2,1-5H3,(H,23,25,27). The molecule has 1 amide bonds. The van der Waals surface area contributed by atoms with Crippen LogP contribution in [-0.4, -0.2) is 30.9 Å². The first kappa shape index (κ1) is 19.7. The van der Waals surface area contributed by atoms with Crippen LogP contribution in [-0.2, 0) is 6.42 Å². The second kappa shape index (κ2) is 7.64. The molecule has 4 rings (SSSR count). The van der Waals surface area contributed by atoms with Gasteiger partial charge in [-0.1, -0.05) is 18.3 Å². The Balaban J connectivity index is 1.85. The van der Waals surface area contributed by atoms with Gasteiger partial charge in [0, 0.05) is 21.4 Å². The van der Waals surface area contributed by atoms with Gasteiger partial charge in [-0.2, -0.15) is 5.10 Å². The van der Waals surface area contributed by atoms with E-state index in [-0.39, 0.29) is 11.9 Å². The number of carbonyl (C=O) groups is 1. The van der Waals surface area contributed by atoms with Crippen LogP contribution < -0.4 is 5.32 Å². The summed E-state index contributed by atoms with van der Waals surface area (Å²) in [4.78, 5) is 20.4. The first-order valence-corrected chi connectivity index (χ1v) is 11.1. The van der Waals surface area contributed by atoms with E-state index in [0.717, 1.165) is 28.1 Å². The Morgan fingerprint density at radius 3 is 2.62 bits per heavy atom. The van der Waals surface area contributed by atoms with Gasteiger partial charge in [0.05, 0.1) is 22.8 Å². The number of anilines is 1. The number of aryl methyl sites for hydroxylation is 3. The molecule has 150 valence electrons. The molecule has 0 aromatic carbocycles. The SMILES string of the molecule is CCc1nnc(NC(=O)c2cc(-c3cc(C)sc3C)nc3c2cnn3C(C)C)s1. The topological polar surface area (TPSA) is 85.6 Å². The Labute approximate surface area is 176 Å². The Bertz CT molecular complexity index is 1200. The number of nitrogens with zero attached hydrogens (tertiary/aromatic N) is 5. The normalized spacial score (nSPS) is 11.5. The van der Waals surface area contributed by atoms with E-state index >= 15 is 0 Å². The minimum Gasteiger partial charge on any atom is -0.296 e. The smallest absolute Gasteiger partial charge is 0.258 e. The molecule has 0 unspecified atom stereocenters. The molecule has 7 nitrogen and oxygen atoms in total. The summed E-state index contributed by atoms with van der Waals surface area (Å²) in [5.74, 6) is -0.231. The Kier molecular flexibility index (Phi) is 5.18. The van der Waals surface area contributed by atoms with Gasteiger partial charge >= 0.3 is 0 Å². The Morgan fingerprint density at radius 1 is 1.21 bits per heavy atom. The summed E-state index contributed by atoms with van der Waals surface area (Å²) < 4.78 is 1.85. The van der Waals surface area contributed by atoms with E-state index in [0.29, 0.717) is 16.3 Å². The zero-order valence-electron chi connectivity index (χ0n) is 17.0. The lowest BCUT2D eigenvalue weighted by Crippen LogP contribution is -2.13. The van der Waals surface area contributed by atoms with Gasteiger partial charge < -0.3 is 0 Å². The number of thiophene rings is 1. The molecule has 0 radical (unpaired) electrons. The van der Waals surface area contributed by atoms with Crippen LogP contribution in [0.4, 0.5) is 5.13 Å². The number of fused-ring (bicyclic) bond motifs is 1. The van der Waals surface area contributed by atoms with Gasteiger partial charge in [-0.3, -0.25) is 10.1 Å². The van der Waals surface area contributed by atoms with Crippen LogP contribution in [0, 0.1) is 13.8 Å². The number of nitrogens with one attached hydrogen (secondary N) is 1. The summed E-state index contributed by atoms with van der Waals surface area (Å²) in [6, 6.07) is 4.09. The molecule has 4 aromatic heterocycles. The summed E-state index contributed by atoms with van der Waals surface area (Å²) in [6.07, 6.45) is 2.50. The minimum absolute atomic E-state index is 0.131. The van der Waals surface area contributed by atoms with Crippen LogP contribution >= 0.6 is 22.7 Å². The number of hydrogen-bond acceptors (Lipinski definition) is 7. The van der Waals surface area contributed by atoms with E-state index < -0.39 is 0 Å². The van der Waals surface area contributed by atoms with Crippen LogP contribution in [0.15, 0.2) is 18.3 Å². The van der Waals surface area contributed by atoms with Crippen molar-refractivity contribution in [3.8, 4) is 11.3 Å². The molecule has 0 bridgehead atoms. The largest absolute Gasteiger partial charge is 0.296 e. The van der Waals surface area contributed by atoms with Crippen molar-refractivity contribution < 1.29 is 4.79 Å². The molecule has 0 spiro atoms. The van der Waals surface area contributed by atoms with Crippen molar-refractivity contribution in [2.45, 2.75) is 47.1 Å². The summed E-state index contributed by atoms with van der Waals surface area (Å²) in [6.45, 7) is 10.3. The van der Waals surface area contributed by atoms with Gasteiger partial charge in [-0.25, -0.2) is 9.67 Å². The molecule has 4 heterocycles. The second-order valence-electron chi connectivity index (χ2n) is 7.11. The number of rotatable bonds is 5. The summed E-state index contributed by atoms with van der Waals surface area (Å²) >= 11 is 3.11. The van der Waals surface area contributed by atoms with Crippen molar-refractivity contribution in [1.29, 1.82) is 0 Å². The van der Waals surface area contributed by atoms with Crippen molar-refractivity contribution >= 4 is 44.7 Å². The van der Waals surface area contributed by atoms with Gasteiger partial charge in [0.15, 0.2) is 5.65 Å². The molecule has 0 saturated carbocycles. The number of pyridine rings is 1. The third kappa shape index (κ3) is 3.67. The van der Waals surface area contributed by atoms with E-state index in [1.807, 2.05) is 31.5 Å². The lowest BCUT2D eigenvalue weighted by molar-refractivity contribution is 0.102. The highest BCUT2D eigenvalue weighted by Crippen LogP contribution is 2.33. The fourth-order valence-electron chi connectivity index (χ4n) is 3.22. The van der Waals surface area contributed by atoms with Crippen molar-refractivity contribution in [1.82, 2.24) is 25.0 Å². The first-order valence-electron chi connectivity index (χ1n) is 9.46. The summed E-state index contributed by atoms with van der Waals surface area (Å²) in [5, 5.41) is 17.6. The van der Waals surface area contributed by atoms with Crippen LogP contribution in [0.25, 0.3) is 22.3 Å². The zero-order chi connectivity index (χ0) is 20.7. The highest BCUT2D eigenvalue weighted by atomic mass is 32.1. The highest BCUT2D eigenvalue weighted by molar-refractivity contribution is 7.15. The number of aromatic nitrogens is 5. The van der Waals surface area contributed by atoms with Gasteiger partial charge in [0.1, 0.15) is 5.01 Å². The van der Waals surface area contributed by atoms with E-state index in [2.05, 4.69) is 40.5 Å². The summed E-state index contributed by atoms with van der Waals surface area (Å²) in [7, 11) is 0. The quantitative estimate of drug-likeness (QED) is 0.484. The van der Waals surface area contributed by atoms with Crippen molar-refractivity contribution in [3.63, 3.8) is 0 Å². The first-order chi connectivity index (χ1) is 13.9. The number of hydrogen-bond donors (Lipinski definition) is 1. The molecular formula is C20H22N6OS2. The Morgan fingerprint density at radius 2 is 2.00 bits per heavy atom. The molecule has 4 aromatic rings. The molecular weight excluding hydrogens is 404 g/mol. The fraction of sp³-hybridized carbons (Fsp3) is 0.350. The third-order valence-electron chi connectivity index (χ3n) is 4.61. The van der Waals surface area contributed by atoms with Crippen LogP contribution in [0.1, 0.15) is 51.9 Å². The molecule has 9 heteroatoms. The predicted octanol–water partition coefficient (Wildman–Crippen LogP) is 5.02. The average Bonchev–Trinajstić information content (AvgIpc) is 3.38. The third-order valence-corrected chi connectivity index (χ3v) is 6.56. The monoisotopic (exact) mass is 426 g/mol. The van der Waals surface area contributed by atoms with Gasteiger partial charge in [0.2, 0.25) is 5.13 Å². The van der Waals surface area contributed by atoms with E-state index in [9.17, 15) is 4.79 Å².